The minimum absolute atomic E-state index is 0.282. The standard InChI is InChI=1S/C7H12O7/c8-3-5(4-9)13-6(10)1-2-7(11)14-12/h5,8-9,12H,1-4H2. The average molecular weight is 208 g/mol. The summed E-state index contributed by atoms with van der Waals surface area (Å²) < 4.78 is 4.52. The van der Waals surface area contributed by atoms with Crippen molar-refractivity contribution in [3.05, 3.63) is 0 Å². The largest absolute Gasteiger partial charge is 0.457 e. The van der Waals surface area contributed by atoms with Gasteiger partial charge in [-0.25, -0.2) is 4.79 Å². The number of hydrogen-bond acceptors (Lipinski definition) is 7. The summed E-state index contributed by atoms with van der Waals surface area (Å²) in [5.74, 6) is -1.71. The van der Waals surface area contributed by atoms with Crippen molar-refractivity contribution < 1.29 is 34.7 Å². The second-order valence-electron chi connectivity index (χ2n) is 2.44. The van der Waals surface area contributed by atoms with Crippen LogP contribution in [0.15, 0.2) is 0 Å². The van der Waals surface area contributed by atoms with E-state index >= 15 is 0 Å². The maximum Gasteiger partial charge on any atom is 0.342 e. The first-order valence-electron chi connectivity index (χ1n) is 3.89. The van der Waals surface area contributed by atoms with Crippen LogP contribution in [0.25, 0.3) is 0 Å². The lowest BCUT2D eigenvalue weighted by molar-refractivity contribution is -0.234. The fourth-order valence-electron chi connectivity index (χ4n) is 0.627. The van der Waals surface area contributed by atoms with E-state index in [1.807, 2.05) is 0 Å². The Labute approximate surface area is 79.8 Å². The summed E-state index contributed by atoms with van der Waals surface area (Å²) in [5.41, 5.74) is 0. The van der Waals surface area contributed by atoms with E-state index in [9.17, 15) is 9.59 Å². The number of aliphatic hydroxyl groups excluding tert-OH is 2. The van der Waals surface area contributed by atoms with E-state index in [2.05, 4.69) is 9.62 Å². The van der Waals surface area contributed by atoms with Crippen LogP contribution in [0.2, 0.25) is 0 Å². The monoisotopic (exact) mass is 208 g/mol. The van der Waals surface area contributed by atoms with Gasteiger partial charge in [-0.1, -0.05) is 0 Å². The van der Waals surface area contributed by atoms with Crippen LogP contribution in [0, 0.1) is 0 Å². The normalized spacial score (nSPS) is 10.0. The maximum atomic E-state index is 10.9. The highest BCUT2D eigenvalue weighted by Crippen LogP contribution is 1.98. The van der Waals surface area contributed by atoms with Crippen LogP contribution in [-0.4, -0.2) is 46.7 Å². The molecule has 0 unspecified atom stereocenters. The molecule has 82 valence electrons. The molecule has 0 aliphatic heterocycles. The van der Waals surface area contributed by atoms with Gasteiger partial charge < -0.3 is 19.8 Å². The molecule has 0 saturated carbocycles. The number of esters is 1. The van der Waals surface area contributed by atoms with Crippen LogP contribution in [-0.2, 0) is 19.2 Å². The summed E-state index contributed by atoms with van der Waals surface area (Å²) in [5, 5.41) is 24.9. The number of rotatable bonds is 6. The summed E-state index contributed by atoms with van der Waals surface area (Å²) in [6.07, 6.45) is -1.58. The van der Waals surface area contributed by atoms with Crippen molar-refractivity contribution >= 4 is 11.9 Å². The third kappa shape index (κ3) is 5.46. The van der Waals surface area contributed by atoms with Crippen molar-refractivity contribution in [3.63, 3.8) is 0 Å². The van der Waals surface area contributed by atoms with Crippen molar-refractivity contribution in [2.75, 3.05) is 13.2 Å². The predicted octanol–water partition coefficient (Wildman–Crippen LogP) is -1.32. The first-order chi connectivity index (χ1) is 6.63. The van der Waals surface area contributed by atoms with Gasteiger partial charge in [-0.15, -0.1) is 0 Å². The Balaban J connectivity index is 3.69. The Morgan fingerprint density at radius 2 is 1.57 bits per heavy atom. The minimum Gasteiger partial charge on any atom is -0.457 e. The molecule has 0 rings (SSSR count). The van der Waals surface area contributed by atoms with E-state index in [-0.39, 0.29) is 12.8 Å². The van der Waals surface area contributed by atoms with Gasteiger partial charge in [0.2, 0.25) is 0 Å². The van der Waals surface area contributed by atoms with Gasteiger partial charge >= 0.3 is 11.9 Å². The summed E-state index contributed by atoms with van der Waals surface area (Å²) in [6.45, 7) is -0.987. The Morgan fingerprint density at radius 3 is 2.00 bits per heavy atom. The predicted molar refractivity (Wildman–Crippen MR) is 42.0 cm³/mol. The highest BCUT2D eigenvalue weighted by Gasteiger charge is 2.14. The molecule has 0 aromatic carbocycles. The summed E-state index contributed by atoms with van der Waals surface area (Å²) in [7, 11) is 0. The number of aliphatic hydroxyl groups is 2. The van der Waals surface area contributed by atoms with Crippen molar-refractivity contribution in [2.45, 2.75) is 18.9 Å². The first-order valence-corrected chi connectivity index (χ1v) is 3.89. The smallest absolute Gasteiger partial charge is 0.342 e. The van der Waals surface area contributed by atoms with Crippen molar-refractivity contribution in [1.29, 1.82) is 0 Å². The molecule has 7 heteroatoms. The number of carbonyl (C=O) groups is 2. The topological polar surface area (TPSA) is 113 Å². The SMILES string of the molecule is O=C(CCC(=O)OC(CO)CO)OO. The molecule has 0 fully saturated rings. The van der Waals surface area contributed by atoms with Gasteiger partial charge in [0, 0.05) is 0 Å². The van der Waals surface area contributed by atoms with Gasteiger partial charge in [-0.3, -0.25) is 4.79 Å². The van der Waals surface area contributed by atoms with Crippen molar-refractivity contribution in [3.8, 4) is 0 Å². The molecule has 0 aliphatic rings. The second kappa shape index (κ2) is 7.25. The fourth-order valence-corrected chi connectivity index (χ4v) is 0.627. The lowest BCUT2D eigenvalue weighted by atomic mass is 10.3. The molecule has 0 aromatic heterocycles. The molecule has 3 N–H and O–H groups in total. The highest BCUT2D eigenvalue weighted by molar-refractivity contribution is 5.77. The molecule has 0 heterocycles. The van der Waals surface area contributed by atoms with Crippen LogP contribution >= 0.6 is 0 Å². The molecule has 0 spiro atoms. The molecule has 0 aliphatic carbocycles. The van der Waals surface area contributed by atoms with Crippen LogP contribution in [0.4, 0.5) is 0 Å². The van der Waals surface area contributed by atoms with Gasteiger partial charge in [-0.05, 0) is 0 Å². The van der Waals surface area contributed by atoms with E-state index in [1.54, 1.807) is 0 Å². The number of ether oxygens (including phenoxy) is 1. The third-order valence-corrected chi connectivity index (χ3v) is 1.34. The van der Waals surface area contributed by atoms with E-state index < -0.39 is 31.3 Å². The molecule has 0 radical (unpaired) electrons. The third-order valence-electron chi connectivity index (χ3n) is 1.34. The van der Waals surface area contributed by atoms with Crippen molar-refractivity contribution in [1.82, 2.24) is 0 Å². The van der Waals surface area contributed by atoms with Crippen LogP contribution in [0.3, 0.4) is 0 Å². The first kappa shape index (κ1) is 12.8. The van der Waals surface area contributed by atoms with Crippen LogP contribution < -0.4 is 0 Å². The molecular weight excluding hydrogens is 196 g/mol. The second-order valence-corrected chi connectivity index (χ2v) is 2.44. The zero-order chi connectivity index (χ0) is 11.0. The Morgan fingerprint density at radius 1 is 1.07 bits per heavy atom. The Bertz CT molecular complexity index is 186. The van der Waals surface area contributed by atoms with Crippen LogP contribution in [0.1, 0.15) is 12.8 Å². The number of carbonyl (C=O) groups excluding carboxylic acids is 2. The summed E-state index contributed by atoms with van der Waals surface area (Å²) in [6, 6.07) is 0. The molecule has 0 aromatic rings. The van der Waals surface area contributed by atoms with Gasteiger partial charge in [0.15, 0.2) is 0 Å². The Hall–Kier alpha value is -1.18. The Kier molecular flexibility index (Phi) is 6.63. The number of hydrogen-bond donors (Lipinski definition) is 3. The maximum absolute atomic E-state index is 10.9. The zero-order valence-corrected chi connectivity index (χ0v) is 7.38. The van der Waals surface area contributed by atoms with Gasteiger partial charge in [0.05, 0.1) is 26.1 Å². The van der Waals surface area contributed by atoms with Crippen LogP contribution in [0.5, 0.6) is 0 Å². The molecule has 0 atom stereocenters. The van der Waals surface area contributed by atoms with E-state index in [1.165, 1.54) is 0 Å². The molecular formula is C7H12O7. The fraction of sp³-hybridized carbons (Fsp3) is 0.714. The molecule has 0 saturated heterocycles. The zero-order valence-electron chi connectivity index (χ0n) is 7.38. The van der Waals surface area contributed by atoms with E-state index in [0.717, 1.165) is 0 Å². The van der Waals surface area contributed by atoms with E-state index in [0.29, 0.717) is 0 Å². The lowest BCUT2D eigenvalue weighted by Gasteiger charge is -2.11. The molecule has 0 amide bonds. The molecule has 0 bridgehead atoms. The average Bonchev–Trinajstić information content (AvgIpc) is 2.22. The van der Waals surface area contributed by atoms with E-state index in [4.69, 9.17) is 15.5 Å². The quantitative estimate of drug-likeness (QED) is 0.282. The van der Waals surface area contributed by atoms with Gasteiger partial charge in [0.25, 0.3) is 0 Å². The minimum atomic E-state index is -0.979. The molecule has 14 heavy (non-hydrogen) atoms. The van der Waals surface area contributed by atoms with Gasteiger partial charge in [0.1, 0.15) is 6.10 Å². The van der Waals surface area contributed by atoms with Gasteiger partial charge in [-0.2, -0.15) is 5.26 Å². The summed E-state index contributed by atoms with van der Waals surface area (Å²) in [4.78, 5) is 24.5. The lowest BCUT2D eigenvalue weighted by Crippen LogP contribution is -2.25. The van der Waals surface area contributed by atoms with Crippen molar-refractivity contribution in [2.24, 2.45) is 0 Å². The highest BCUT2D eigenvalue weighted by atomic mass is 17.1. The molecule has 7 nitrogen and oxygen atoms in total. The summed E-state index contributed by atoms with van der Waals surface area (Å²) >= 11 is 0.